The van der Waals surface area contributed by atoms with Crippen molar-refractivity contribution in [2.75, 3.05) is 0 Å². The van der Waals surface area contributed by atoms with Gasteiger partial charge in [0.15, 0.2) is 0 Å². The molecular formula is C25H22S. The van der Waals surface area contributed by atoms with Crippen LogP contribution in [0, 0.1) is 0 Å². The molecule has 1 heteroatoms. The molecular weight excluding hydrogens is 332 g/mol. The van der Waals surface area contributed by atoms with Gasteiger partial charge in [-0.2, -0.15) is 0 Å². The Balaban J connectivity index is 1.73. The van der Waals surface area contributed by atoms with E-state index in [-0.39, 0.29) is 0 Å². The molecule has 0 aliphatic rings. The molecule has 0 nitrogen and oxygen atoms in total. The van der Waals surface area contributed by atoms with E-state index in [9.17, 15) is 0 Å². The average molecular weight is 355 g/mol. The zero-order valence-corrected chi connectivity index (χ0v) is 15.9. The lowest BCUT2D eigenvalue weighted by Gasteiger charge is -2.04. The van der Waals surface area contributed by atoms with Crippen LogP contribution in [0.2, 0.25) is 0 Å². The zero-order valence-electron chi connectivity index (χ0n) is 15.1. The maximum absolute atomic E-state index is 2.43. The molecule has 0 fully saturated rings. The van der Waals surface area contributed by atoms with Gasteiger partial charge in [-0.25, -0.2) is 0 Å². The molecule has 0 bridgehead atoms. The molecule has 4 aromatic carbocycles. The van der Waals surface area contributed by atoms with E-state index in [1.54, 1.807) is 0 Å². The number of benzene rings is 4. The van der Waals surface area contributed by atoms with E-state index in [0.29, 0.717) is 0 Å². The van der Waals surface area contributed by atoms with Crippen molar-refractivity contribution >= 4 is 53.1 Å². The van der Waals surface area contributed by atoms with Gasteiger partial charge >= 0.3 is 0 Å². The van der Waals surface area contributed by atoms with E-state index in [0.717, 1.165) is 0 Å². The monoisotopic (exact) mass is 354 g/mol. The number of fused-ring (bicyclic) bond motifs is 6. The molecule has 5 rings (SSSR count). The van der Waals surface area contributed by atoms with Crippen molar-refractivity contribution in [2.24, 2.45) is 0 Å². The van der Waals surface area contributed by atoms with E-state index in [4.69, 9.17) is 0 Å². The second-order valence-electron chi connectivity index (χ2n) is 7.25. The first-order valence-electron chi connectivity index (χ1n) is 9.60. The van der Waals surface area contributed by atoms with Crippen LogP contribution in [0.1, 0.15) is 31.7 Å². The van der Waals surface area contributed by atoms with Crippen LogP contribution >= 0.6 is 11.3 Å². The molecule has 0 N–H and O–H groups in total. The van der Waals surface area contributed by atoms with Crippen LogP contribution in [-0.2, 0) is 6.42 Å². The van der Waals surface area contributed by atoms with Gasteiger partial charge in [0.2, 0.25) is 0 Å². The first-order valence-corrected chi connectivity index (χ1v) is 10.4. The Morgan fingerprint density at radius 1 is 0.692 bits per heavy atom. The molecule has 128 valence electrons. The average Bonchev–Trinajstić information content (AvgIpc) is 3.05. The Labute approximate surface area is 158 Å². The highest BCUT2D eigenvalue weighted by Gasteiger charge is 2.10. The fraction of sp³-hybridized carbons (Fsp3) is 0.200. The summed E-state index contributed by atoms with van der Waals surface area (Å²) in [5.74, 6) is 0. The highest BCUT2D eigenvalue weighted by Crippen LogP contribution is 2.40. The summed E-state index contributed by atoms with van der Waals surface area (Å²) < 4.78 is 2.83. The van der Waals surface area contributed by atoms with Gasteiger partial charge < -0.3 is 0 Å². The van der Waals surface area contributed by atoms with Crippen LogP contribution < -0.4 is 0 Å². The summed E-state index contributed by atoms with van der Waals surface area (Å²) in [6.45, 7) is 2.27. The molecule has 0 aliphatic carbocycles. The van der Waals surface area contributed by atoms with Crippen LogP contribution in [0.5, 0.6) is 0 Å². The third-order valence-corrected chi connectivity index (χ3v) is 6.67. The maximum Gasteiger partial charge on any atom is 0.0434 e. The molecule has 0 radical (unpaired) electrons. The predicted octanol–water partition coefficient (Wildman–Crippen LogP) is 8.09. The van der Waals surface area contributed by atoms with Crippen molar-refractivity contribution in [3.05, 3.63) is 72.3 Å². The molecule has 0 saturated carbocycles. The second-order valence-corrected chi connectivity index (χ2v) is 8.30. The third-order valence-electron chi connectivity index (χ3n) is 5.45. The van der Waals surface area contributed by atoms with E-state index in [1.807, 2.05) is 11.3 Å². The van der Waals surface area contributed by atoms with Gasteiger partial charge in [-0.1, -0.05) is 62.2 Å². The van der Waals surface area contributed by atoms with Gasteiger partial charge in [0.1, 0.15) is 0 Å². The predicted molar refractivity (Wildman–Crippen MR) is 118 cm³/mol. The molecule has 0 spiro atoms. The summed E-state index contributed by atoms with van der Waals surface area (Å²) in [6, 6.07) is 25.0. The van der Waals surface area contributed by atoms with Crippen molar-refractivity contribution in [2.45, 2.75) is 32.6 Å². The van der Waals surface area contributed by atoms with Gasteiger partial charge in [0, 0.05) is 25.6 Å². The highest BCUT2D eigenvalue weighted by atomic mass is 32.1. The summed E-state index contributed by atoms with van der Waals surface area (Å²) in [4.78, 5) is 0. The van der Waals surface area contributed by atoms with Crippen LogP contribution in [-0.4, -0.2) is 0 Å². The minimum atomic E-state index is 1.19. The Bertz CT molecular complexity index is 1240. The Kier molecular flexibility index (Phi) is 3.90. The number of hydrogen-bond acceptors (Lipinski definition) is 1. The number of thiophene rings is 1. The molecule has 1 aromatic heterocycles. The van der Waals surface area contributed by atoms with Crippen LogP contribution in [0.4, 0.5) is 0 Å². The van der Waals surface area contributed by atoms with Gasteiger partial charge in [0.05, 0.1) is 0 Å². The highest BCUT2D eigenvalue weighted by molar-refractivity contribution is 7.26. The van der Waals surface area contributed by atoms with E-state index in [2.05, 4.69) is 73.7 Å². The molecule has 26 heavy (non-hydrogen) atoms. The molecule has 5 aromatic rings. The lowest BCUT2D eigenvalue weighted by molar-refractivity contribution is 0.718. The Morgan fingerprint density at radius 3 is 2.38 bits per heavy atom. The first kappa shape index (κ1) is 15.8. The van der Waals surface area contributed by atoms with Crippen molar-refractivity contribution in [3.63, 3.8) is 0 Å². The topological polar surface area (TPSA) is 0 Å². The number of aryl methyl sites for hydroxylation is 1. The van der Waals surface area contributed by atoms with E-state index >= 15 is 0 Å². The summed E-state index contributed by atoms with van der Waals surface area (Å²) in [5.41, 5.74) is 1.48. The fourth-order valence-electron chi connectivity index (χ4n) is 4.03. The van der Waals surface area contributed by atoms with Crippen LogP contribution in [0.25, 0.3) is 41.7 Å². The quantitative estimate of drug-likeness (QED) is 0.226. The fourth-order valence-corrected chi connectivity index (χ4v) is 5.24. The van der Waals surface area contributed by atoms with Crippen molar-refractivity contribution in [3.8, 4) is 0 Å². The van der Waals surface area contributed by atoms with Crippen molar-refractivity contribution in [1.82, 2.24) is 0 Å². The van der Waals surface area contributed by atoms with Crippen molar-refractivity contribution < 1.29 is 0 Å². The van der Waals surface area contributed by atoms with Gasteiger partial charge in [-0.15, -0.1) is 11.3 Å². The summed E-state index contributed by atoms with van der Waals surface area (Å²) in [6.07, 6.45) is 5.09. The number of unbranched alkanes of at least 4 members (excludes halogenated alkanes) is 2. The minimum absolute atomic E-state index is 1.19. The normalized spacial score (nSPS) is 11.9. The zero-order chi connectivity index (χ0) is 17.5. The Hall–Kier alpha value is -2.38. The Morgan fingerprint density at radius 2 is 1.54 bits per heavy atom. The van der Waals surface area contributed by atoms with Crippen molar-refractivity contribution in [1.29, 1.82) is 0 Å². The van der Waals surface area contributed by atoms with E-state index < -0.39 is 0 Å². The van der Waals surface area contributed by atoms with Gasteiger partial charge in [0.25, 0.3) is 0 Å². The van der Waals surface area contributed by atoms with Crippen LogP contribution in [0.15, 0.2) is 66.7 Å². The molecule has 0 amide bonds. The summed E-state index contributed by atoms with van der Waals surface area (Å²) in [5, 5.41) is 8.20. The largest absolute Gasteiger partial charge is 0.135 e. The van der Waals surface area contributed by atoms with Gasteiger partial charge in [-0.05, 0) is 58.8 Å². The summed E-state index contributed by atoms with van der Waals surface area (Å²) >= 11 is 1.94. The van der Waals surface area contributed by atoms with Crippen LogP contribution in [0.3, 0.4) is 0 Å². The first-order chi connectivity index (χ1) is 12.8. The molecule has 0 unspecified atom stereocenters. The standard InChI is InChI=1S/C25H22S/c1-2-3-4-7-17-10-13-24-23(14-17)21-12-11-20-15-18-8-5-6-9-19(18)16-22(20)25(21)26-24/h5-6,8-16H,2-4,7H2,1H3. The maximum atomic E-state index is 2.43. The minimum Gasteiger partial charge on any atom is -0.135 e. The smallest absolute Gasteiger partial charge is 0.0434 e. The molecule has 0 atom stereocenters. The number of hydrogen-bond donors (Lipinski definition) is 0. The molecule has 0 aliphatic heterocycles. The van der Waals surface area contributed by atoms with Gasteiger partial charge in [-0.3, -0.25) is 0 Å². The third kappa shape index (κ3) is 2.59. The van der Waals surface area contributed by atoms with E-state index in [1.165, 1.54) is 73.0 Å². The lowest BCUT2D eigenvalue weighted by atomic mass is 10.0. The number of rotatable bonds is 4. The lowest BCUT2D eigenvalue weighted by Crippen LogP contribution is -1.84. The summed E-state index contributed by atoms with van der Waals surface area (Å²) in [7, 11) is 0. The SMILES string of the molecule is CCCCCc1ccc2sc3c4cc5ccccc5cc4ccc3c2c1. The molecule has 1 heterocycles. The molecule has 0 saturated heterocycles. The second kappa shape index (κ2) is 6.41.